The SMILES string of the molecule is CC(=O)O[C@H]1C(=O)[C@@]2(C)[C@H]([C@H](OC(=O)c3ccccc3)[C@]3(O)C[C@H](OC(=O)[C@H](O)[C@@H](NC(=O)C4CCCCC4)c4ccccc4)C(C)=C1C3(C)C)[C@]1(OC(C)=O)CO[C@@H]1C[C@@H]2O. The van der Waals surface area contributed by atoms with Gasteiger partial charge in [-0.2, -0.15) is 0 Å². The Morgan fingerprint density at radius 2 is 1.50 bits per heavy atom. The summed E-state index contributed by atoms with van der Waals surface area (Å²) in [6.07, 6.45) is -6.22. The van der Waals surface area contributed by atoms with Crippen LogP contribution in [0.15, 0.2) is 71.8 Å². The van der Waals surface area contributed by atoms with Crippen LogP contribution in [0.1, 0.15) is 108 Å². The van der Waals surface area contributed by atoms with Crippen LogP contribution in [0.2, 0.25) is 0 Å². The minimum atomic E-state index is -2.37. The van der Waals surface area contributed by atoms with Crippen molar-refractivity contribution in [3.63, 3.8) is 0 Å². The van der Waals surface area contributed by atoms with E-state index in [1.165, 1.54) is 19.1 Å². The molecule has 1 amide bonds. The second kappa shape index (κ2) is 17.0. The van der Waals surface area contributed by atoms with E-state index in [9.17, 15) is 39.3 Å². The molecule has 0 radical (unpaired) electrons. The third-order valence-corrected chi connectivity index (χ3v) is 14.4. The number of fused-ring (bicyclic) bond motifs is 5. The minimum Gasteiger partial charge on any atom is -0.456 e. The molecule has 0 aromatic heterocycles. The largest absolute Gasteiger partial charge is 0.456 e. The van der Waals surface area contributed by atoms with E-state index < -0.39 is 107 Å². The summed E-state index contributed by atoms with van der Waals surface area (Å²) in [5, 5.41) is 40.5. The normalized spacial score (nSPS) is 33.7. The average Bonchev–Trinajstić information content (AvgIpc) is 3.24. The Hall–Kier alpha value is -4.96. The number of amides is 1. The fourth-order valence-electron chi connectivity index (χ4n) is 11.0. The van der Waals surface area contributed by atoms with Crippen molar-refractivity contribution in [3.05, 3.63) is 82.9 Å². The summed E-state index contributed by atoms with van der Waals surface area (Å²) in [7, 11) is 0. The monoisotopic (exact) mass is 859 g/mol. The number of carbonyl (C=O) groups excluding carboxylic acids is 6. The van der Waals surface area contributed by atoms with Gasteiger partial charge in [-0.1, -0.05) is 81.6 Å². The second-order valence-corrected chi connectivity index (χ2v) is 18.4. The van der Waals surface area contributed by atoms with Crippen LogP contribution < -0.4 is 5.32 Å². The Bertz CT molecular complexity index is 2120. The van der Waals surface area contributed by atoms with Gasteiger partial charge in [-0.15, -0.1) is 0 Å². The number of benzene rings is 2. The van der Waals surface area contributed by atoms with E-state index in [-0.39, 0.29) is 41.6 Å². The smallest absolute Gasteiger partial charge is 0.338 e. The average molecular weight is 860 g/mol. The molecule has 1 aliphatic heterocycles. The molecule has 1 saturated heterocycles. The van der Waals surface area contributed by atoms with Gasteiger partial charge in [0.05, 0.1) is 35.6 Å². The van der Waals surface area contributed by atoms with Crippen molar-refractivity contribution in [2.45, 2.75) is 140 Å². The van der Waals surface area contributed by atoms with E-state index in [0.717, 1.165) is 33.1 Å². The number of aliphatic hydroxyl groups excluding tert-OH is 2. The lowest BCUT2D eigenvalue weighted by atomic mass is 9.44. The molecule has 15 heteroatoms. The molecule has 334 valence electrons. The fourth-order valence-corrected chi connectivity index (χ4v) is 11.0. The summed E-state index contributed by atoms with van der Waals surface area (Å²) in [5.74, 6) is -6.75. The molecule has 11 atom stereocenters. The molecule has 2 aromatic rings. The summed E-state index contributed by atoms with van der Waals surface area (Å²) < 4.78 is 30.4. The van der Waals surface area contributed by atoms with Gasteiger partial charge in [0, 0.05) is 38.0 Å². The van der Waals surface area contributed by atoms with Gasteiger partial charge in [0.25, 0.3) is 0 Å². The first-order valence-corrected chi connectivity index (χ1v) is 21.4. The summed E-state index contributed by atoms with van der Waals surface area (Å²) in [5.41, 5.74) is -7.08. The van der Waals surface area contributed by atoms with Gasteiger partial charge >= 0.3 is 23.9 Å². The number of aliphatic hydroxyl groups is 3. The first kappa shape index (κ1) is 45.1. The van der Waals surface area contributed by atoms with Crippen molar-refractivity contribution in [1.29, 1.82) is 0 Å². The lowest BCUT2D eigenvalue weighted by Gasteiger charge is -2.67. The minimum absolute atomic E-state index is 0.0186. The molecule has 0 unspecified atom stereocenters. The maximum Gasteiger partial charge on any atom is 0.338 e. The zero-order valence-electron chi connectivity index (χ0n) is 36.0. The molecule has 5 aliphatic rings. The van der Waals surface area contributed by atoms with Crippen LogP contribution in [0.5, 0.6) is 0 Å². The van der Waals surface area contributed by atoms with E-state index in [4.69, 9.17) is 23.7 Å². The number of ketones is 1. The molecular formula is C47H57NO14. The molecule has 7 rings (SSSR count). The number of esters is 4. The van der Waals surface area contributed by atoms with Gasteiger partial charge in [-0.05, 0) is 55.5 Å². The van der Waals surface area contributed by atoms with E-state index in [2.05, 4.69) is 5.32 Å². The molecule has 15 nitrogen and oxygen atoms in total. The lowest BCUT2D eigenvalue weighted by Crippen LogP contribution is -2.82. The molecule has 4 aliphatic carbocycles. The Balaban J connectivity index is 1.37. The molecule has 0 spiro atoms. The highest BCUT2D eigenvalue weighted by atomic mass is 16.6. The zero-order valence-corrected chi connectivity index (χ0v) is 36.0. The number of ether oxygens (including phenoxy) is 5. The number of rotatable bonds is 10. The third kappa shape index (κ3) is 7.54. The van der Waals surface area contributed by atoms with Gasteiger partial charge in [-0.25, -0.2) is 9.59 Å². The maximum absolute atomic E-state index is 15.5. The molecule has 62 heavy (non-hydrogen) atoms. The summed E-state index contributed by atoms with van der Waals surface area (Å²) in [6, 6.07) is 15.1. The Kier molecular flexibility index (Phi) is 12.3. The van der Waals surface area contributed by atoms with Crippen LogP contribution in [0.4, 0.5) is 0 Å². The van der Waals surface area contributed by atoms with Gasteiger partial charge in [0.1, 0.15) is 23.9 Å². The molecule has 1 heterocycles. The van der Waals surface area contributed by atoms with Gasteiger partial charge < -0.3 is 44.3 Å². The van der Waals surface area contributed by atoms with Crippen molar-refractivity contribution in [1.82, 2.24) is 5.32 Å². The highest BCUT2D eigenvalue weighted by molar-refractivity contribution is 5.95. The van der Waals surface area contributed by atoms with Crippen molar-refractivity contribution < 1.29 is 67.8 Å². The number of hydrogen-bond acceptors (Lipinski definition) is 14. The molecule has 4 fully saturated rings. The van der Waals surface area contributed by atoms with Crippen molar-refractivity contribution >= 4 is 35.6 Å². The van der Waals surface area contributed by atoms with Crippen LogP contribution in [0.25, 0.3) is 0 Å². The van der Waals surface area contributed by atoms with E-state index in [0.29, 0.717) is 18.4 Å². The standard InChI is InChI=1S/C47H57NO14/c1-25-31(60-43(56)36(52)35(28-16-10-7-11-17-28)48-41(54)29-18-12-8-13-19-29)23-47(57)40(61-42(55)30-20-14-9-15-21-30)38-45(6,32(51)22-33-46(38,24-58-33)62-27(3)50)39(53)37(59-26(2)49)34(25)44(47,4)5/h7,9-11,14-17,20-21,29,31-33,35-38,40,51-52,57H,8,12-13,18-19,22-24H2,1-6H3,(H,48,54)/t31-,32-,33+,35-,36+,37+,38-,40-,45+,46-,47+/m0/s1. The van der Waals surface area contributed by atoms with Gasteiger partial charge in [-0.3, -0.25) is 19.2 Å². The van der Waals surface area contributed by atoms with Gasteiger partial charge in [0.15, 0.2) is 23.6 Å². The number of hydrogen-bond donors (Lipinski definition) is 4. The molecule has 4 N–H and O–H groups in total. The van der Waals surface area contributed by atoms with E-state index in [1.807, 2.05) is 0 Å². The molecule has 3 saturated carbocycles. The topological polar surface area (TPSA) is 221 Å². The molecule has 2 aromatic carbocycles. The fraction of sp³-hybridized carbons (Fsp3) is 0.574. The van der Waals surface area contributed by atoms with Gasteiger partial charge in [0.2, 0.25) is 5.91 Å². The van der Waals surface area contributed by atoms with Crippen molar-refractivity contribution in [2.75, 3.05) is 6.61 Å². The first-order chi connectivity index (χ1) is 29.3. The predicted octanol–water partition coefficient (Wildman–Crippen LogP) is 4.00. The molecular weight excluding hydrogens is 803 g/mol. The lowest BCUT2D eigenvalue weighted by molar-refractivity contribution is -0.346. The maximum atomic E-state index is 15.5. The van der Waals surface area contributed by atoms with E-state index >= 15 is 4.79 Å². The van der Waals surface area contributed by atoms with Crippen LogP contribution >= 0.6 is 0 Å². The Morgan fingerprint density at radius 3 is 2.08 bits per heavy atom. The Morgan fingerprint density at radius 1 is 0.871 bits per heavy atom. The second-order valence-electron chi connectivity index (χ2n) is 18.4. The van der Waals surface area contributed by atoms with Crippen molar-refractivity contribution in [3.8, 4) is 0 Å². The number of nitrogens with one attached hydrogen (secondary N) is 1. The van der Waals surface area contributed by atoms with Crippen LogP contribution in [-0.2, 0) is 47.7 Å². The van der Waals surface area contributed by atoms with Crippen molar-refractivity contribution in [2.24, 2.45) is 22.7 Å². The third-order valence-electron chi connectivity index (χ3n) is 14.4. The van der Waals surface area contributed by atoms with E-state index in [1.54, 1.807) is 69.3 Å². The predicted molar refractivity (Wildman–Crippen MR) is 218 cm³/mol. The van der Waals surface area contributed by atoms with Crippen LogP contribution in [-0.4, -0.2) is 105 Å². The number of carbonyl (C=O) groups is 6. The van der Waals surface area contributed by atoms with Crippen LogP contribution in [0.3, 0.4) is 0 Å². The summed E-state index contributed by atoms with van der Waals surface area (Å²) in [6.45, 7) is 8.07. The first-order valence-electron chi connectivity index (χ1n) is 21.4. The quantitative estimate of drug-likeness (QED) is 0.151. The highest BCUT2D eigenvalue weighted by Gasteiger charge is 2.78. The van der Waals surface area contributed by atoms with Crippen LogP contribution in [0, 0.1) is 22.7 Å². The molecule has 2 bridgehead atoms. The summed E-state index contributed by atoms with van der Waals surface area (Å²) >= 11 is 0. The number of Topliss-reactive ketones (excluding diaryl/α,β-unsaturated/α-hetero) is 1. The highest BCUT2D eigenvalue weighted by Crippen LogP contribution is 2.64. The summed E-state index contributed by atoms with van der Waals surface area (Å²) in [4.78, 5) is 83.7. The Labute approximate surface area is 360 Å². The zero-order chi connectivity index (χ0) is 44.9.